The van der Waals surface area contributed by atoms with Gasteiger partial charge in [-0.05, 0) is 36.8 Å². The van der Waals surface area contributed by atoms with Crippen LogP contribution >= 0.6 is 0 Å². The number of aromatic hydroxyl groups is 1. The lowest BCUT2D eigenvalue weighted by Gasteiger charge is -2.00. The van der Waals surface area contributed by atoms with Crippen molar-refractivity contribution in [3.63, 3.8) is 0 Å². The number of carbonyl (C=O) groups excluding carboxylic acids is 1. The van der Waals surface area contributed by atoms with E-state index >= 15 is 0 Å². The van der Waals surface area contributed by atoms with Gasteiger partial charge < -0.3 is 9.84 Å². The average Bonchev–Trinajstić information content (AvgIpc) is 2.27. The maximum Gasteiger partial charge on any atom is 0.332 e. The molecule has 0 aromatic heterocycles. The normalized spacial score (nSPS) is 10.6. The van der Waals surface area contributed by atoms with E-state index in [2.05, 4.69) is 0 Å². The molecular formula is C12H11NO3. The van der Waals surface area contributed by atoms with Gasteiger partial charge in [-0.25, -0.2) is 4.79 Å². The smallest absolute Gasteiger partial charge is 0.332 e. The number of allylic oxidation sites excluding steroid dienone is 1. The summed E-state index contributed by atoms with van der Waals surface area (Å²) < 4.78 is 4.70. The van der Waals surface area contributed by atoms with Gasteiger partial charge in [-0.3, -0.25) is 0 Å². The number of benzene rings is 1. The molecule has 0 spiro atoms. The van der Waals surface area contributed by atoms with Crippen LogP contribution in [0, 0.1) is 11.3 Å². The summed E-state index contributed by atoms with van der Waals surface area (Å²) in [5.41, 5.74) is 0.770. The van der Waals surface area contributed by atoms with E-state index in [4.69, 9.17) is 15.1 Å². The molecule has 4 nitrogen and oxygen atoms in total. The van der Waals surface area contributed by atoms with E-state index in [0.29, 0.717) is 5.56 Å². The van der Waals surface area contributed by atoms with Crippen LogP contribution in [0.25, 0.3) is 5.57 Å². The molecule has 0 atom stereocenters. The van der Waals surface area contributed by atoms with E-state index in [9.17, 15) is 4.79 Å². The van der Waals surface area contributed by atoms with Crippen molar-refractivity contribution in [2.45, 2.75) is 6.92 Å². The molecule has 0 amide bonds. The van der Waals surface area contributed by atoms with Gasteiger partial charge in [-0.1, -0.05) is 0 Å². The third-order valence-electron chi connectivity index (χ3n) is 1.85. The van der Waals surface area contributed by atoms with Crippen molar-refractivity contribution < 1.29 is 14.6 Å². The molecule has 0 fully saturated rings. The molecule has 1 aromatic rings. The van der Waals surface area contributed by atoms with Crippen LogP contribution in [0.15, 0.2) is 30.3 Å². The molecule has 1 rings (SSSR count). The zero-order valence-corrected chi connectivity index (χ0v) is 8.80. The fourth-order valence-electron chi connectivity index (χ4n) is 1.12. The quantitative estimate of drug-likeness (QED) is 0.476. The Hall–Kier alpha value is -2.28. The van der Waals surface area contributed by atoms with Crippen molar-refractivity contribution in [2.75, 3.05) is 6.61 Å². The van der Waals surface area contributed by atoms with Crippen LogP contribution in [-0.4, -0.2) is 17.7 Å². The highest BCUT2D eigenvalue weighted by Gasteiger charge is 2.04. The molecule has 0 aliphatic rings. The van der Waals surface area contributed by atoms with Gasteiger partial charge in [0.2, 0.25) is 0 Å². The van der Waals surface area contributed by atoms with Crippen LogP contribution in [0.3, 0.4) is 0 Å². The third kappa shape index (κ3) is 3.14. The van der Waals surface area contributed by atoms with E-state index in [1.54, 1.807) is 19.1 Å². The van der Waals surface area contributed by atoms with Crippen molar-refractivity contribution in [3.8, 4) is 11.8 Å². The molecule has 0 heterocycles. The van der Waals surface area contributed by atoms with Crippen molar-refractivity contribution in [1.29, 1.82) is 5.26 Å². The Kier molecular flexibility index (Phi) is 4.10. The van der Waals surface area contributed by atoms with Crippen molar-refractivity contribution >= 4 is 11.5 Å². The number of carbonyl (C=O) groups is 1. The minimum atomic E-state index is -0.549. The van der Waals surface area contributed by atoms with E-state index in [1.807, 2.05) is 6.07 Å². The first kappa shape index (κ1) is 11.8. The Morgan fingerprint density at radius 3 is 2.62 bits per heavy atom. The molecule has 16 heavy (non-hydrogen) atoms. The van der Waals surface area contributed by atoms with Crippen LogP contribution in [0.2, 0.25) is 0 Å². The summed E-state index contributed by atoms with van der Waals surface area (Å²) >= 11 is 0. The predicted octanol–water partition coefficient (Wildman–Crippen LogP) is 1.86. The lowest BCUT2D eigenvalue weighted by molar-refractivity contribution is -0.137. The molecule has 0 saturated heterocycles. The van der Waals surface area contributed by atoms with Gasteiger partial charge in [-0.15, -0.1) is 0 Å². The molecule has 4 heteroatoms. The van der Waals surface area contributed by atoms with Crippen LogP contribution in [-0.2, 0) is 9.53 Å². The first-order chi connectivity index (χ1) is 7.67. The number of ether oxygens (including phenoxy) is 1. The second-order valence-electron chi connectivity index (χ2n) is 2.97. The van der Waals surface area contributed by atoms with Gasteiger partial charge in [0.15, 0.2) is 0 Å². The maximum absolute atomic E-state index is 11.2. The Labute approximate surface area is 93.4 Å². The molecule has 1 aromatic carbocycles. The van der Waals surface area contributed by atoms with Crippen molar-refractivity contribution in [1.82, 2.24) is 0 Å². The highest BCUT2D eigenvalue weighted by Crippen LogP contribution is 2.17. The first-order valence-electron chi connectivity index (χ1n) is 4.75. The molecule has 0 saturated carbocycles. The minimum absolute atomic E-state index is 0.108. The summed E-state index contributed by atoms with van der Waals surface area (Å²) in [6.07, 6.45) is 1.13. The van der Waals surface area contributed by atoms with E-state index in [-0.39, 0.29) is 17.9 Å². The fraction of sp³-hybridized carbons (Fsp3) is 0.167. The number of hydrogen-bond donors (Lipinski definition) is 1. The highest BCUT2D eigenvalue weighted by molar-refractivity contribution is 5.95. The number of nitrogens with zero attached hydrogens (tertiary/aromatic N) is 1. The molecule has 0 bridgehead atoms. The molecule has 0 radical (unpaired) electrons. The average molecular weight is 217 g/mol. The number of phenolic OH excluding ortho intramolecular Hbond substituents is 1. The molecule has 82 valence electrons. The van der Waals surface area contributed by atoms with Crippen molar-refractivity contribution in [3.05, 3.63) is 35.9 Å². The third-order valence-corrected chi connectivity index (χ3v) is 1.85. The molecule has 1 N–H and O–H groups in total. The summed E-state index contributed by atoms with van der Waals surface area (Å²) in [6, 6.07) is 7.92. The van der Waals surface area contributed by atoms with Gasteiger partial charge in [0.25, 0.3) is 0 Å². The number of hydrogen-bond acceptors (Lipinski definition) is 4. The number of phenols is 1. The van der Waals surface area contributed by atoms with E-state index in [0.717, 1.165) is 6.08 Å². The Balaban J connectivity index is 2.95. The van der Waals surface area contributed by atoms with Gasteiger partial charge in [0, 0.05) is 6.08 Å². The number of esters is 1. The fourth-order valence-corrected chi connectivity index (χ4v) is 1.12. The topological polar surface area (TPSA) is 70.3 Å². The molecular weight excluding hydrogens is 206 g/mol. The van der Waals surface area contributed by atoms with Crippen LogP contribution < -0.4 is 0 Å². The lowest BCUT2D eigenvalue weighted by Crippen LogP contribution is -2.00. The van der Waals surface area contributed by atoms with Gasteiger partial charge in [0.05, 0.1) is 12.2 Å². The summed E-state index contributed by atoms with van der Waals surface area (Å²) in [5.74, 6) is -0.440. The number of nitriles is 1. The maximum atomic E-state index is 11.2. The SMILES string of the molecule is CCOC(=O)C=C(C#N)c1ccc(O)cc1. The summed E-state index contributed by atoms with van der Waals surface area (Å²) in [4.78, 5) is 11.2. The van der Waals surface area contributed by atoms with Crippen LogP contribution in [0.5, 0.6) is 5.75 Å². The minimum Gasteiger partial charge on any atom is -0.508 e. The Morgan fingerprint density at radius 2 is 2.12 bits per heavy atom. The highest BCUT2D eigenvalue weighted by atomic mass is 16.5. The predicted molar refractivity (Wildman–Crippen MR) is 58.3 cm³/mol. The second-order valence-corrected chi connectivity index (χ2v) is 2.97. The van der Waals surface area contributed by atoms with Crippen molar-refractivity contribution in [2.24, 2.45) is 0 Å². The zero-order chi connectivity index (χ0) is 12.0. The van der Waals surface area contributed by atoms with Gasteiger partial charge in [0.1, 0.15) is 11.8 Å². The Bertz CT molecular complexity index is 440. The lowest BCUT2D eigenvalue weighted by atomic mass is 10.1. The van der Waals surface area contributed by atoms with Gasteiger partial charge in [-0.2, -0.15) is 5.26 Å². The monoisotopic (exact) mass is 217 g/mol. The summed E-state index contributed by atoms with van der Waals surface area (Å²) in [5, 5.41) is 18.0. The van der Waals surface area contributed by atoms with Crippen LogP contribution in [0.4, 0.5) is 0 Å². The summed E-state index contributed by atoms with van der Waals surface area (Å²) in [7, 11) is 0. The molecule has 0 aliphatic carbocycles. The van der Waals surface area contributed by atoms with Crippen LogP contribution in [0.1, 0.15) is 12.5 Å². The summed E-state index contributed by atoms with van der Waals surface area (Å²) in [6.45, 7) is 1.96. The number of rotatable bonds is 3. The van der Waals surface area contributed by atoms with E-state index < -0.39 is 5.97 Å². The Morgan fingerprint density at radius 1 is 1.50 bits per heavy atom. The van der Waals surface area contributed by atoms with Gasteiger partial charge >= 0.3 is 5.97 Å². The second kappa shape index (κ2) is 5.56. The largest absolute Gasteiger partial charge is 0.508 e. The molecule has 0 unspecified atom stereocenters. The van der Waals surface area contributed by atoms with E-state index in [1.165, 1.54) is 12.1 Å². The first-order valence-corrected chi connectivity index (χ1v) is 4.75. The standard InChI is InChI=1S/C12H11NO3/c1-2-16-12(15)7-10(8-13)9-3-5-11(14)6-4-9/h3-7,14H,2H2,1H3. The molecule has 0 aliphatic heterocycles. The zero-order valence-electron chi connectivity index (χ0n) is 8.80.